The van der Waals surface area contributed by atoms with E-state index in [0.29, 0.717) is 17.9 Å². The maximum Gasteiger partial charge on any atom is 0.282 e. The molecular formula is C24H20ClN3O5. The molecular weight excluding hydrogens is 446 g/mol. The van der Waals surface area contributed by atoms with Crippen molar-refractivity contribution in [1.29, 1.82) is 0 Å². The van der Waals surface area contributed by atoms with Gasteiger partial charge in [-0.25, -0.2) is 0 Å². The van der Waals surface area contributed by atoms with Crippen LogP contribution in [0.5, 0.6) is 5.75 Å². The largest absolute Gasteiger partial charge is 0.497 e. The van der Waals surface area contributed by atoms with Crippen LogP contribution in [-0.2, 0) is 6.42 Å². The van der Waals surface area contributed by atoms with Gasteiger partial charge in [-0.1, -0.05) is 29.8 Å². The molecule has 1 aliphatic heterocycles. The number of hydrogen-bond acceptors (Lipinski definition) is 5. The third-order valence-electron chi connectivity index (χ3n) is 5.46. The number of ether oxygens (including phenoxy) is 1. The predicted molar refractivity (Wildman–Crippen MR) is 125 cm³/mol. The molecule has 1 heterocycles. The van der Waals surface area contributed by atoms with Crippen molar-refractivity contribution in [3.63, 3.8) is 0 Å². The Balaban J connectivity index is 1.64. The summed E-state index contributed by atoms with van der Waals surface area (Å²) in [7, 11) is 1.40. The zero-order chi connectivity index (χ0) is 23.5. The summed E-state index contributed by atoms with van der Waals surface area (Å²) < 4.78 is 5.08. The lowest BCUT2D eigenvalue weighted by Gasteiger charge is -2.29. The number of methoxy groups -OCH3 is 1. The summed E-state index contributed by atoms with van der Waals surface area (Å²) in [5.41, 5.74) is 1.92. The molecule has 0 radical (unpaired) electrons. The Labute approximate surface area is 194 Å². The van der Waals surface area contributed by atoms with E-state index in [1.165, 1.54) is 37.4 Å². The Morgan fingerprint density at radius 2 is 1.91 bits per heavy atom. The van der Waals surface area contributed by atoms with Gasteiger partial charge < -0.3 is 15.0 Å². The van der Waals surface area contributed by atoms with Gasteiger partial charge in [0, 0.05) is 23.9 Å². The molecule has 168 valence electrons. The zero-order valence-corrected chi connectivity index (χ0v) is 18.5. The summed E-state index contributed by atoms with van der Waals surface area (Å²) in [6, 6.07) is 16.2. The number of carbonyl (C=O) groups excluding carboxylic acids is 2. The first-order chi connectivity index (χ1) is 15.9. The van der Waals surface area contributed by atoms with Gasteiger partial charge in [0.1, 0.15) is 11.3 Å². The van der Waals surface area contributed by atoms with Gasteiger partial charge >= 0.3 is 0 Å². The molecule has 0 fully saturated rings. The number of nitrogens with zero attached hydrogens (tertiary/aromatic N) is 2. The fourth-order valence-electron chi connectivity index (χ4n) is 3.83. The number of amides is 2. The smallest absolute Gasteiger partial charge is 0.282 e. The van der Waals surface area contributed by atoms with Crippen LogP contribution < -0.4 is 15.0 Å². The monoisotopic (exact) mass is 465 g/mol. The quantitative estimate of drug-likeness (QED) is 0.417. The van der Waals surface area contributed by atoms with Gasteiger partial charge in [0.25, 0.3) is 17.5 Å². The number of halogens is 1. The SMILES string of the molecule is COc1ccc([N+](=O)[O-])c(C(=O)Nc2cc(C(=O)N3CCCc4ccccc43)ccc2Cl)c1. The molecule has 8 nitrogen and oxygen atoms in total. The molecule has 3 aromatic rings. The van der Waals surface area contributed by atoms with E-state index in [1.807, 2.05) is 24.3 Å². The van der Waals surface area contributed by atoms with E-state index in [0.717, 1.165) is 24.1 Å². The first-order valence-corrected chi connectivity index (χ1v) is 10.6. The molecule has 9 heteroatoms. The number of aryl methyl sites for hydroxylation is 1. The van der Waals surface area contributed by atoms with E-state index in [2.05, 4.69) is 5.32 Å². The van der Waals surface area contributed by atoms with Crippen molar-refractivity contribution in [2.75, 3.05) is 23.9 Å². The molecule has 33 heavy (non-hydrogen) atoms. The van der Waals surface area contributed by atoms with E-state index in [4.69, 9.17) is 16.3 Å². The van der Waals surface area contributed by atoms with E-state index in [1.54, 1.807) is 11.0 Å². The van der Waals surface area contributed by atoms with E-state index in [9.17, 15) is 19.7 Å². The molecule has 1 aliphatic rings. The fraction of sp³-hybridized carbons (Fsp3) is 0.167. The number of hydrogen-bond donors (Lipinski definition) is 1. The van der Waals surface area contributed by atoms with Gasteiger partial charge in [0.2, 0.25) is 0 Å². The first kappa shape index (κ1) is 22.3. The van der Waals surface area contributed by atoms with Gasteiger partial charge in [-0.15, -0.1) is 0 Å². The van der Waals surface area contributed by atoms with Gasteiger partial charge in [-0.2, -0.15) is 0 Å². The van der Waals surface area contributed by atoms with Crippen molar-refractivity contribution in [1.82, 2.24) is 0 Å². The van der Waals surface area contributed by atoms with Crippen LogP contribution >= 0.6 is 11.6 Å². The zero-order valence-electron chi connectivity index (χ0n) is 17.7. The number of para-hydroxylation sites is 1. The van der Waals surface area contributed by atoms with Crippen LogP contribution in [0.15, 0.2) is 60.7 Å². The summed E-state index contributed by atoms with van der Waals surface area (Å²) in [6.07, 6.45) is 1.75. The molecule has 0 saturated carbocycles. The van der Waals surface area contributed by atoms with Gasteiger partial charge in [-0.05, 0) is 54.8 Å². The van der Waals surface area contributed by atoms with Crippen LogP contribution in [0.1, 0.15) is 32.7 Å². The lowest BCUT2D eigenvalue weighted by molar-refractivity contribution is -0.385. The topological polar surface area (TPSA) is 102 Å². The average Bonchev–Trinajstić information content (AvgIpc) is 2.84. The van der Waals surface area contributed by atoms with Crippen molar-refractivity contribution in [2.24, 2.45) is 0 Å². The highest BCUT2D eigenvalue weighted by Gasteiger charge is 2.25. The summed E-state index contributed by atoms with van der Waals surface area (Å²) in [6.45, 7) is 0.580. The number of carbonyl (C=O) groups is 2. The lowest BCUT2D eigenvalue weighted by atomic mass is 10.0. The maximum atomic E-state index is 13.3. The highest BCUT2D eigenvalue weighted by atomic mass is 35.5. The van der Waals surface area contributed by atoms with E-state index < -0.39 is 10.8 Å². The van der Waals surface area contributed by atoms with E-state index >= 15 is 0 Å². The molecule has 0 atom stereocenters. The Kier molecular flexibility index (Phi) is 6.28. The van der Waals surface area contributed by atoms with Crippen LogP contribution in [0.4, 0.5) is 17.1 Å². The van der Waals surface area contributed by atoms with Gasteiger partial charge in [0.15, 0.2) is 0 Å². The number of nitro benzene ring substituents is 1. The molecule has 0 aromatic heterocycles. The van der Waals surface area contributed by atoms with Crippen LogP contribution in [0.3, 0.4) is 0 Å². The second-order valence-electron chi connectivity index (χ2n) is 7.48. The molecule has 0 unspecified atom stereocenters. The second-order valence-corrected chi connectivity index (χ2v) is 7.89. The van der Waals surface area contributed by atoms with Crippen LogP contribution in [0.25, 0.3) is 0 Å². The van der Waals surface area contributed by atoms with Crippen LogP contribution in [-0.4, -0.2) is 30.4 Å². The van der Waals surface area contributed by atoms with Crippen LogP contribution in [0, 0.1) is 10.1 Å². The summed E-state index contributed by atoms with van der Waals surface area (Å²) >= 11 is 6.26. The van der Waals surface area contributed by atoms with Crippen molar-refractivity contribution in [3.05, 3.63) is 92.5 Å². The predicted octanol–water partition coefficient (Wildman–Crippen LogP) is 5.10. The standard InChI is InChI=1S/C24H20ClN3O5/c1-33-17-9-11-22(28(31)32)18(14-17)23(29)26-20-13-16(8-10-19(20)25)24(30)27-12-4-6-15-5-2-3-7-21(15)27/h2-3,5,7-11,13-14H,4,6,12H2,1H3,(H,26,29). The Bertz CT molecular complexity index is 1260. The summed E-state index contributed by atoms with van der Waals surface area (Å²) in [5.74, 6) is -0.665. The number of anilines is 2. The van der Waals surface area contributed by atoms with Crippen molar-refractivity contribution in [3.8, 4) is 5.75 Å². The highest BCUT2D eigenvalue weighted by Crippen LogP contribution is 2.31. The number of fused-ring (bicyclic) bond motifs is 1. The third kappa shape index (κ3) is 4.51. The number of nitrogens with one attached hydrogen (secondary N) is 1. The molecule has 1 N–H and O–H groups in total. The molecule has 0 spiro atoms. The minimum absolute atomic E-state index is 0.176. The number of nitro groups is 1. The lowest BCUT2D eigenvalue weighted by Crippen LogP contribution is -2.35. The number of rotatable bonds is 5. The average molecular weight is 466 g/mol. The summed E-state index contributed by atoms with van der Waals surface area (Å²) in [4.78, 5) is 38.6. The molecule has 3 aromatic carbocycles. The first-order valence-electron chi connectivity index (χ1n) is 10.2. The van der Waals surface area contributed by atoms with Crippen molar-refractivity contribution >= 4 is 40.5 Å². The van der Waals surface area contributed by atoms with Crippen molar-refractivity contribution < 1.29 is 19.2 Å². The highest BCUT2D eigenvalue weighted by molar-refractivity contribution is 6.34. The third-order valence-corrected chi connectivity index (χ3v) is 5.79. The van der Waals surface area contributed by atoms with Crippen molar-refractivity contribution in [2.45, 2.75) is 12.8 Å². The minimum atomic E-state index is -0.740. The molecule has 4 rings (SSSR count). The Morgan fingerprint density at radius 3 is 2.67 bits per heavy atom. The van der Waals surface area contributed by atoms with Gasteiger partial charge in [0.05, 0.1) is 22.7 Å². The van der Waals surface area contributed by atoms with Crippen LogP contribution in [0.2, 0.25) is 5.02 Å². The number of benzene rings is 3. The molecule has 2 amide bonds. The Morgan fingerprint density at radius 1 is 1.12 bits per heavy atom. The molecule has 0 saturated heterocycles. The molecule has 0 aliphatic carbocycles. The maximum absolute atomic E-state index is 13.3. The summed E-state index contributed by atoms with van der Waals surface area (Å²) in [5, 5.41) is 14.2. The second kappa shape index (κ2) is 9.30. The molecule has 0 bridgehead atoms. The normalized spacial score (nSPS) is 12.6. The van der Waals surface area contributed by atoms with E-state index in [-0.39, 0.29) is 27.9 Å². The van der Waals surface area contributed by atoms with Gasteiger partial charge in [-0.3, -0.25) is 19.7 Å². The minimum Gasteiger partial charge on any atom is -0.497 e. The fourth-order valence-corrected chi connectivity index (χ4v) is 3.99. The Hall–Kier alpha value is -3.91.